The molecule has 9 heteroatoms. The Labute approximate surface area is 159 Å². The van der Waals surface area contributed by atoms with Gasteiger partial charge in [0.25, 0.3) is 0 Å². The Hall–Kier alpha value is -2.52. The van der Waals surface area contributed by atoms with Crippen molar-refractivity contribution in [2.24, 2.45) is 5.84 Å². The number of unbranched alkanes of at least 4 members (excludes halogenated alkanes) is 5. The minimum absolute atomic E-state index is 0.104. The van der Waals surface area contributed by atoms with Gasteiger partial charge in [-0.3, -0.25) is 0 Å². The first kappa shape index (κ1) is 22.5. The number of hydrogen-bond acceptors (Lipinski definition) is 8. The quantitative estimate of drug-likeness (QED) is 0.237. The zero-order chi connectivity index (χ0) is 20.2. The number of hydrogen-bond donors (Lipinski definition) is 4. The summed E-state index contributed by atoms with van der Waals surface area (Å²) in [5, 5.41) is 9.97. The highest BCUT2D eigenvalue weighted by molar-refractivity contribution is 5.69. The lowest BCUT2D eigenvalue weighted by molar-refractivity contribution is 0.277. The van der Waals surface area contributed by atoms with Crippen molar-refractivity contribution in [3.8, 4) is 0 Å². The van der Waals surface area contributed by atoms with Crippen molar-refractivity contribution >= 4 is 23.3 Å². The van der Waals surface area contributed by atoms with Crippen LogP contribution in [0.2, 0.25) is 0 Å². The third kappa shape index (κ3) is 7.32. The molecule has 7 N–H and O–H groups in total. The zero-order valence-corrected chi connectivity index (χ0v) is 16.0. The molecule has 27 heavy (non-hydrogen) atoms. The van der Waals surface area contributed by atoms with Crippen LogP contribution >= 0.6 is 0 Å². The minimum atomic E-state index is -0.962. The molecule has 0 saturated heterocycles. The average molecular weight is 379 g/mol. The molecule has 0 aliphatic carbocycles. The second kappa shape index (κ2) is 12.0. The van der Waals surface area contributed by atoms with Crippen LogP contribution in [0.1, 0.15) is 58.1 Å². The Kier molecular flexibility index (Phi) is 9.99. The Balaban J connectivity index is 0.000000387. The highest BCUT2D eigenvalue weighted by atomic mass is 19.1. The fraction of sp³-hybridized carbons (Fsp3) is 0.500. The predicted molar refractivity (Wildman–Crippen MR) is 106 cm³/mol. The van der Waals surface area contributed by atoms with E-state index < -0.39 is 5.95 Å². The number of pyridine rings is 1. The maximum absolute atomic E-state index is 13.4. The van der Waals surface area contributed by atoms with E-state index >= 15 is 0 Å². The lowest BCUT2D eigenvalue weighted by atomic mass is 10.1. The molecule has 2 rings (SSSR count). The monoisotopic (exact) mass is 379 g/mol. The molecule has 0 aliphatic heterocycles. The minimum Gasteiger partial charge on any atom is -0.392 e. The number of halogens is 1. The molecular formula is C18H30FN7O. The van der Waals surface area contributed by atoms with Crippen molar-refractivity contribution in [3.05, 3.63) is 29.8 Å². The van der Waals surface area contributed by atoms with Crippen molar-refractivity contribution in [1.82, 2.24) is 15.0 Å². The maximum Gasteiger partial charge on any atom is 0.243 e. The van der Waals surface area contributed by atoms with Crippen molar-refractivity contribution in [2.45, 2.75) is 59.0 Å². The Morgan fingerprint density at radius 3 is 2.19 bits per heavy atom. The van der Waals surface area contributed by atoms with Gasteiger partial charge >= 0.3 is 0 Å². The highest BCUT2D eigenvalue weighted by Crippen LogP contribution is 2.26. The van der Waals surface area contributed by atoms with E-state index in [0.29, 0.717) is 5.69 Å². The molecule has 8 nitrogen and oxygen atoms in total. The van der Waals surface area contributed by atoms with Gasteiger partial charge in [0.2, 0.25) is 11.9 Å². The molecule has 0 aromatic carbocycles. The van der Waals surface area contributed by atoms with Crippen molar-refractivity contribution in [1.29, 1.82) is 0 Å². The Morgan fingerprint density at radius 1 is 1.00 bits per heavy atom. The fourth-order valence-corrected chi connectivity index (χ4v) is 2.28. The third-order valence-electron chi connectivity index (χ3n) is 3.78. The number of rotatable bonds is 8. The molecule has 0 spiro atoms. The first-order valence-corrected chi connectivity index (χ1v) is 9.14. The molecule has 2 aromatic rings. The van der Waals surface area contributed by atoms with E-state index in [4.69, 9.17) is 22.4 Å². The summed E-state index contributed by atoms with van der Waals surface area (Å²) in [7, 11) is 0. The molecule has 0 amide bonds. The SMILES string of the molecule is CCCCCCCC.Nc1nc(F)c(N)c(N(N)c2cccc(CO)n2)n1. The molecule has 0 fully saturated rings. The summed E-state index contributed by atoms with van der Waals surface area (Å²) in [6, 6.07) is 4.79. The number of anilines is 4. The summed E-state index contributed by atoms with van der Waals surface area (Å²) in [4.78, 5) is 11.1. The standard InChI is InChI=1S/C10H12FN7O.C8H18/c11-8-7(12)9(17-10(13)16-8)18(14)6-3-1-2-5(4-19)15-6;1-3-5-7-8-6-4-2/h1-3,19H,4,12,14H2,(H2,13,16,17);3-8H2,1-2H3. The third-order valence-corrected chi connectivity index (χ3v) is 3.78. The lowest BCUT2D eigenvalue weighted by Gasteiger charge is -2.18. The summed E-state index contributed by atoms with van der Waals surface area (Å²) in [6.07, 6.45) is 8.49. The van der Waals surface area contributed by atoms with Gasteiger partial charge in [0.15, 0.2) is 5.82 Å². The summed E-state index contributed by atoms with van der Waals surface area (Å²) >= 11 is 0. The van der Waals surface area contributed by atoms with Crippen LogP contribution in [0.25, 0.3) is 0 Å². The van der Waals surface area contributed by atoms with Crippen LogP contribution in [-0.2, 0) is 6.61 Å². The van der Waals surface area contributed by atoms with Gasteiger partial charge in [0.05, 0.1) is 12.3 Å². The first-order chi connectivity index (χ1) is 12.9. The van der Waals surface area contributed by atoms with Crippen LogP contribution in [0.3, 0.4) is 0 Å². The van der Waals surface area contributed by atoms with Gasteiger partial charge in [-0.15, -0.1) is 0 Å². The molecular weight excluding hydrogens is 349 g/mol. The molecule has 0 unspecified atom stereocenters. The second-order valence-electron chi connectivity index (χ2n) is 6.04. The van der Waals surface area contributed by atoms with Gasteiger partial charge in [-0.05, 0) is 12.1 Å². The van der Waals surface area contributed by atoms with Gasteiger partial charge in [0, 0.05) is 0 Å². The normalized spacial score (nSPS) is 10.3. The van der Waals surface area contributed by atoms with E-state index in [-0.39, 0.29) is 29.9 Å². The molecule has 0 saturated carbocycles. The second-order valence-corrected chi connectivity index (χ2v) is 6.04. The molecule has 150 valence electrons. The van der Waals surface area contributed by atoms with Crippen LogP contribution < -0.4 is 22.3 Å². The number of aliphatic hydroxyl groups is 1. The van der Waals surface area contributed by atoms with Gasteiger partial charge in [-0.25, -0.2) is 15.8 Å². The van der Waals surface area contributed by atoms with Gasteiger partial charge in [0.1, 0.15) is 11.5 Å². The summed E-state index contributed by atoms with van der Waals surface area (Å²) in [5.74, 6) is 4.65. The van der Waals surface area contributed by atoms with Gasteiger partial charge < -0.3 is 16.6 Å². The number of nitrogens with zero attached hydrogens (tertiary/aromatic N) is 4. The van der Waals surface area contributed by atoms with E-state index in [1.165, 1.54) is 38.5 Å². The average Bonchev–Trinajstić information content (AvgIpc) is 2.68. The molecule has 2 heterocycles. The van der Waals surface area contributed by atoms with Crippen molar-refractivity contribution < 1.29 is 9.50 Å². The molecule has 0 radical (unpaired) electrons. The Morgan fingerprint density at radius 2 is 1.63 bits per heavy atom. The number of nitrogen functional groups attached to an aromatic ring is 2. The molecule has 0 bridgehead atoms. The highest BCUT2D eigenvalue weighted by Gasteiger charge is 2.17. The maximum atomic E-state index is 13.4. The fourth-order valence-electron chi connectivity index (χ4n) is 2.28. The first-order valence-electron chi connectivity index (χ1n) is 9.14. The van der Waals surface area contributed by atoms with E-state index in [1.54, 1.807) is 18.2 Å². The van der Waals surface area contributed by atoms with Crippen LogP contribution in [0.15, 0.2) is 18.2 Å². The van der Waals surface area contributed by atoms with Crippen LogP contribution in [0.4, 0.5) is 27.7 Å². The number of aromatic nitrogens is 3. The van der Waals surface area contributed by atoms with Crippen molar-refractivity contribution in [2.75, 3.05) is 16.5 Å². The van der Waals surface area contributed by atoms with E-state index in [0.717, 1.165) is 5.01 Å². The number of nitrogens with two attached hydrogens (primary N) is 3. The molecule has 0 aliphatic rings. The zero-order valence-electron chi connectivity index (χ0n) is 16.0. The topological polar surface area (TPSA) is 140 Å². The summed E-state index contributed by atoms with van der Waals surface area (Å²) in [5.41, 5.74) is 10.9. The number of aliphatic hydroxyl groups excluding tert-OH is 1. The van der Waals surface area contributed by atoms with Crippen molar-refractivity contribution in [3.63, 3.8) is 0 Å². The van der Waals surface area contributed by atoms with Crippen LogP contribution in [0, 0.1) is 5.95 Å². The van der Waals surface area contributed by atoms with Crippen LogP contribution in [0.5, 0.6) is 0 Å². The molecule has 0 atom stereocenters. The lowest BCUT2D eigenvalue weighted by Crippen LogP contribution is -2.29. The summed E-state index contributed by atoms with van der Waals surface area (Å²) in [6.45, 7) is 4.26. The van der Waals surface area contributed by atoms with Crippen LogP contribution in [-0.4, -0.2) is 20.1 Å². The molecule has 2 aromatic heterocycles. The summed E-state index contributed by atoms with van der Waals surface area (Å²) < 4.78 is 13.4. The number of hydrazine groups is 1. The van der Waals surface area contributed by atoms with E-state index in [1.807, 2.05) is 0 Å². The van der Waals surface area contributed by atoms with Gasteiger partial charge in [-0.2, -0.15) is 14.4 Å². The van der Waals surface area contributed by atoms with E-state index in [9.17, 15) is 4.39 Å². The predicted octanol–water partition coefficient (Wildman–Crippen LogP) is 3.05. The smallest absolute Gasteiger partial charge is 0.243 e. The largest absolute Gasteiger partial charge is 0.392 e. The Bertz CT molecular complexity index is 693. The van der Waals surface area contributed by atoms with E-state index in [2.05, 4.69) is 28.8 Å². The van der Waals surface area contributed by atoms with Gasteiger partial charge in [-0.1, -0.05) is 58.4 Å².